The van der Waals surface area contributed by atoms with Gasteiger partial charge < -0.3 is 0 Å². The fraction of sp³-hybridized carbons (Fsp3) is 0.176. The summed E-state index contributed by atoms with van der Waals surface area (Å²) < 4.78 is 0. The zero-order valence-electron chi connectivity index (χ0n) is 11.7. The van der Waals surface area contributed by atoms with Crippen LogP contribution in [-0.2, 0) is 0 Å². The second-order valence-corrected chi connectivity index (χ2v) is 5.38. The van der Waals surface area contributed by atoms with Crippen molar-refractivity contribution < 1.29 is 4.79 Å². The van der Waals surface area contributed by atoms with Gasteiger partial charge in [0.15, 0.2) is 0 Å². The molecule has 0 N–H and O–H groups in total. The van der Waals surface area contributed by atoms with E-state index in [4.69, 9.17) is 0 Å². The van der Waals surface area contributed by atoms with Crippen LogP contribution in [-0.4, -0.2) is 29.4 Å². The summed E-state index contributed by atoms with van der Waals surface area (Å²) in [6.45, 7) is 2.68. The molecule has 1 atom stereocenters. The van der Waals surface area contributed by atoms with E-state index in [0.717, 1.165) is 22.9 Å². The summed E-state index contributed by atoms with van der Waals surface area (Å²) >= 11 is 0. The molecule has 2 aromatic rings. The van der Waals surface area contributed by atoms with Crippen molar-refractivity contribution in [2.24, 2.45) is 4.99 Å². The third kappa shape index (κ3) is 1.76. The fourth-order valence-electron chi connectivity index (χ4n) is 2.94. The van der Waals surface area contributed by atoms with Gasteiger partial charge in [0.25, 0.3) is 5.91 Å². The Bertz CT molecular complexity index is 739. The molecule has 0 radical (unpaired) electrons. The lowest BCUT2D eigenvalue weighted by Crippen LogP contribution is -2.48. The van der Waals surface area contributed by atoms with Crippen molar-refractivity contribution in [1.29, 1.82) is 0 Å². The zero-order valence-corrected chi connectivity index (χ0v) is 11.7. The molecule has 0 bridgehead atoms. The summed E-state index contributed by atoms with van der Waals surface area (Å²) in [6.07, 6.45) is 0. The first-order chi connectivity index (χ1) is 10.3. The zero-order chi connectivity index (χ0) is 14.4. The van der Waals surface area contributed by atoms with E-state index in [2.05, 4.69) is 9.89 Å². The molecule has 2 heterocycles. The lowest BCUT2D eigenvalue weighted by Gasteiger charge is -2.35. The summed E-state index contributed by atoms with van der Waals surface area (Å²) in [4.78, 5) is 21.2. The number of benzene rings is 2. The van der Waals surface area contributed by atoms with E-state index in [-0.39, 0.29) is 11.9 Å². The van der Waals surface area contributed by atoms with Gasteiger partial charge in [-0.2, -0.15) is 0 Å². The molecular weight excluding hydrogens is 262 g/mol. The highest BCUT2D eigenvalue weighted by Gasteiger charge is 2.39. The number of hydrogen-bond donors (Lipinski definition) is 0. The highest BCUT2D eigenvalue weighted by molar-refractivity contribution is 6.21. The third-order valence-corrected chi connectivity index (χ3v) is 3.86. The number of fused-ring (bicyclic) bond motifs is 2. The normalized spacial score (nSPS) is 20.1. The van der Waals surface area contributed by atoms with E-state index >= 15 is 0 Å². The molecule has 0 saturated heterocycles. The summed E-state index contributed by atoms with van der Waals surface area (Å²) in [5.74, 6) is 0.776. The van der Waals surface area contributed by atoms with Crippen molar-refractivity contribution in [3.8, 4) is 0 Å². The summed E-state index contributed by atoms with van der Waals surface area (Å²) in [7, 11) is 0. The van der Waals surface area contributed by atoms with Crippen LogP contribution in [0.4, 0.5) is 11.4 Å². The van der Waals surface area contributed by atoms with Gasteiger partial charge in [-0.3, -0.25) is 14.6 Å². The lowest BCUT2D eigenvalue weighted by atomic mass is 10.1. The van der Waals surface area contributed by atoms with Gasteiger partial charge in [-0.25, -0.2) is 4.99 Å². The van der Waals surface area contributed by atoms with Crippen LogP contribution in [0.2, 0.25) is 0 Å². The first-order valence-electron chi connectivity index (χ1n) is 7.09. The van der Waals surface area contributed by atoms with Crippen LogP contribution in [0.25, 0.3) is 0 Å². The molecule has 0 aliphatic carbocycles. The van der Waals surface area contributed by atoms with Crippen molar-refractivity contribution in [3.63, 3.8) is 0 Å². The van der Waals surface area contributed by atoms with Crippen LogP contribution in [0.1, 0.15) is 17.3 Å². The van der Waals surface area contributed by atoms with Gasteiger partial charge in [-0.05, 0) is 31.2 Å². The van der Waals surface area contributed by atoms with E-state index in [1.807, 2.05) is 61.5 Å². The maximum atomic E-state index is 12.6. The van der Waals surface area contributed by atoms with Crippen molar-refractivity contribution in [1.82, 2.24) is 4.90 Å². The van der Waals surface area contributed by atoms with E-state index < -0.39 is 0 Å². The minimum Gasteiger partial charge on any atom is -0.280 e. The number of rotatable bonds is 1. The molecular formula is C17H15N3O. The van der Waals surface area contributed by atoms with E-state index in [1.54, 1.807) is 4.90 Å². The number of amides is 1. The highest BCUT2D eigenvalue weighted by atomic mass is 16.2. The molecule has 2 aromatic carbocycles. The monoisotopic (exact) mass is 277 g/mol. The number of carbonyl (C=O) groups excluding carboxylic acids is 1. The Balaban J connectivity index is 1.96. The summed E-state index contributed by atoms with van der Waals surface area (Å²) in [5.41, 5.74) is 2.66. The van der Waals surface area contributed by atoms with E-state index in [9.17, 15) is 4.79 Å². The van der Waals surface area contributed by atoms with Crippen LogP contribution >= 0.6 is 0 Å². The molecule has 0 fully saturated rings. The Labute approximate surface area is 123 Å². The molecule has 0 spiro atoms. The summed E-state index contributed by atoms with van der Waals surface area (Å²) in [5, 5.41) is 0. The molecule has 0 aromatic heterocycles. The first kappa shape index (κ1) is 12.1. The molecule has 21 heavy (non-hydrogen) atoms. The number of guanidine groups is 1. The van der Waals surface area contributed by atoms with Gasteiger partial charge >= 0.3 is 0 Å². The average molecular weight is 277 g/mol. The molecule has 2 aliphatic rings. The number of para-hydroxylation sites is 2. The molecule has 4 rings (SSSR count). The van der Waals surface area contributed by atoms with E-state index in [1.165, 1.54) is 0 Å². The maximum Gasteiger partial charge on any atom is 0.262 e. The Morgan fingerprint density at radius 3 is 2.57 bits per heavy atom. The van der Waals surface area contributed by atoms with Crippen molar-refractivity contribution in [2.75, 3.05) is 11.4 Å². The second-order valence-electron chi connectivity index (χ2n) is 5.38. The Morgan fingerprint density at radius 1 is 1.05 bits per heavy atom. The highest BCUT2D eigenvalue weighted by Crippen LogP contribution is 2.36. The summed E-state index contributed by atoms with van der Waals surface area (Å²) in [6, 6.07) is 17.9. The standard InChI is InChI=1S/C17H15N3O/c1-12-11-19-16(21)14-9-5-6-10-15(14)20(17(19)18-12)13-7-3-2-4-8-13/h2-10,12H,11H2,1H3. The van der Waals surface area contributed by atoms with Crippen LogP contribution in [0.5, 0.6) is 0 Å². The van der Waals surface area contributed by atoms with Gasteiger partial charge in [0.05, 0.1) is 23.8 Å². The van der Waals surface area contributed by atoms with Gasteiger partial charge in [-0.1, -0.05) is 30.3 Å². The Hall–Kier alpha value is -2.62. The average Bonchev–Trinajstić information content (AvgIpc) is 2.90. The van der Waals surface area contributed by atoms with Crippen LogP contribution in [0.3, 0.4) is 0 Å². The molecule has 0 saturated carbocycles. The first-order valence-corrected chi connectivity index (χ1v) is 7.09. The number of aliphatic imine (C=N–C) groups is 1. The van der Waals surface area contributed by atoms with Crippen molar-refractivity contribution >= 4 is 23.2 Å². The predicted octanol–water partition coefficient (Wildman–Crippen LogP) is 3.04. The maximum absolute atomic E-state index is 12.6. The topological polar surface area (TPSA) is 35.9 Å². The van der Waals surface area contributed by atoms with Crippen LogP contribution in [0, 0.1) is 0 Å². The van der Waals surface area contributed by atoms with Gasteiger partial charge in [-0.15, -0.1) is 0 Å². The molecule has 2 aliphatic heterocycles. The van der Waals surface area contributed by atoms with Crippen molar-refractivity contribution in [2.45, 2.75) is 13.0 Å². The second kappa shape index (κ2) is 4.45. The van der Waals surface area contributed by atoms with Gasteiger partial charge in [0.1, 0.15) is 0 Å². The largest absolute Gasteiger partial charge is 0.280 e. The fourth-order valence-corrected chi connectivity index (χ4v) is 2.94. The van der Waals surface area contributed by atoms with Crippen molar-refractivity contribution in [3.05, 3.63) is 60.2 Å². The molecule has 1 unspecified atom stereocenters. The molecule has 1 amide bonds. The SMILES string of the molecule is CC1CN2C(=O)c3ccccc3N(c3ccccc3)C2=N1. The van der Waals surface area contributed by atoms with Crippen LogP contribution in [0.15, 0.2) is 59.6 Å². The number of anilines is 2. The predicted molar refractivity (Wildman–Crippen MR) is 83.0 cm³/mol. The van der Waals surface area contributed by atoms with E-state index in [0.29, 0.717) is 6.54 Å². The smallest absolute Gasteiger partial charge is 0.262 e. The number of carbonyl (C=O) groups is 1. The molecule has 4 nitrogen and oxygen atoms in total. The van der Waals surface area contributed by atoms with Gasteiger partial charge in [0, 0.05) is 5.69 Å². The lowest BCUT2D eigenvalue weighted by molar-refractivity contribution is 0.0848. The number of hydrogen-bond acceptors (Lipinski definition) is 3. The Kier molecular flexibility index (Phi) is 2.57. The van der Waals surface area contributed by atoms with Crippen LogP contribution < -0.4 is 4.90 Å². The molecule has 4 heteroatoms. The number of nitrogens with zero attached hydrogens (tertiary/aromatic N) is 3. The Morgan fingerprint density at radius 2 is 1.76 bits per heavy atom. The minimum absolute atomic E-state index is 0.0425. The van der Waals surface area contributed by atoms with Gasteiger partial charge in [0.2, 0.25) is 5.96 Å². The quantitative estimate of drug-likeness (QED) is 0.803. The third-order valence-electron chi connectivity index (χ3n) is 3.86. The molecule has 104 valence electrons. The minimum atomic E-state index is 0.0425.